The molecule has 0 spiro atoms. The fourth-order valence-corrected chi connectivity index (χ4v) is 3.87. The number of anilines is 1. The molecule has 0 saturated heterocycles. The van der Waals surface area contributed by atoms with Crippen LogP contribution in [-0.4, -0.2) is 25.4 Å². The van der Waals surface area contributed by atoms with Crippen LogP contribution < -0.4 is 14.8 Å². The monoisotopic (exact) mass is 463 g/mol. The van der Waals surface area contributed by atoms with E-state index < -0.39 is 11.7 Å². The van der Waals surface area contributed by atoms with Crippen molar-refractivity contribution in [2.45, 2.75) is 13.8 Å². The molecule has 4 rings (SSSR count). The number of nitrogens with one attached hydrogen (secondary N) is 1. The topological polar surface area (TPSA) is 77.8 Å². The number of methoxy groups -OCH3 is 1. The van der Waals surface area contributed by atoms with Crippen LogP contribution >= 0.6 is 11.6 Å². The molecule has 0 atom stereocenters. The van der Waals surface area contributed by atoms with Crippen molar-refractivity contribution in [1.82, 2.24) is 0 Å². The van der Waals surface area contributed by atoms with Crippen molar-refractivity contribution < 1.29 is 23.5 Å². The average Bonchev–Trinajstić information content (AvgIpc) is 3.15. The molecule has 168 valence electrons. The molecule has 0 aliphatic rings. The Bertz CT molecular complexity index is 1340. The molecule has 0 aliphatic carbocycles. The van der Waals surface area contributed by atoms with E-state index >= 15 is 0 Å². The highest BCUT2D eigenvalue weighted by Gasteiger charge is 2.24. The van der Waals surface area contributed by atoms with Gasteiger partial charge in [-0.1, -0.05) is 29.8 Å². The van der Waals surface area contributed by atoms with Gasteiger partial charge in [-0.25, -0.2) is 0 Å². The number of ether oxygens (including phenoxy) is 2. The predicted octanol–water partition coefficient (Wildman–Crippen LogP) is 5.96. The van der Waals surface area contributed by atoms with Gasteiger partial charge in [0.2, 0.25) is 5.78 Å². The quantitative estimate of drug-likeness (QED) is 0.342. The first kappa shape index (κ1) is 22.4. The minimum atomic E-state index is -0.415. The smallest absolute Gasteiger partial charge is 0.262 e. The number of rotatable bonds is 7. The van der Waals surface area contributed by atoms with Gasteiger partial charge in [-0.3, -0.25) is 9.59 Å². The van der Waals surface area contributed by atoms with Crippen LogP contribution in [-0.2, 0) is 4.79 Å². The molecule has 0 bridgehead atoms. The zero-order valence-corrected chi connectivity index (χ0v) is 19.2. The molecule has 7 heteroatoms. The third-order valence-corrected chi connectivity index (χ3v) is 5.34. The SMILES string of the molecule is COc1ccc(C(=O)c2oc3ccccc3c2NC(=O)COc2cc(C)cc(C)c2)cc1Cl. The number of amides is 1. The van der Waals surface area contributed by atoms with Gasteiger partial charge in [0.1, 0.15) is 17.1 Å². The van der Waals surface area contributed by atoms with E-state index in [9.17, 15) is 9.59 Å². The number of hydrogen-bond acceptors (Lipinski definition) is 5. The average molecular weight is 464 g/mol. The Morgan fingerprint density at radius 1 is 1.00 bits per heavy atom. The summed E-state index contributed by atoms with van der Waals surface area (Å²) in [5.74, 6) is 0.236. The highest BCUT2D eigenvalue weighted by atomic mass is 35.5. The molecule has 0 saturated carbocycles. The van der Waals surface area contributed by atoms with Gasteiger partial charge in [-0.2, -0.15) is 0 Å². The van der Waals surface area contributed by atoms with Gasteiger partial charge in [0.15, 0.2) is 12.4 Å². The highest BCUT2D eigenvalue weighted by molar-refractivity contribution is 6.32. The third-order valence-electron chi connectivity index (χ3n) is 5.05. The zero-order chi connectivity index (χ0) is 23.5. The number of hydrogen-bond donors (Lipinski definition) is 1. The van der Waals surface area contributed by atoms with Crippen LogP contribution in [0.15, 0.2) is 65.1 Å². The number of halogens is 1. The minimum Gasteiger partial charge on any atom is -0.495 e. The lowest BCUT2D eigenvalue weighted by Gasteiger charge is -2.10. The lowest BCUT2D eigenvalue weighted by Crippen LogP contribution is -2.21. The molecule has 0 radical (unpaired) electrons. The lowest BCUT2D eigenvalue weighted by atomic mass is 10.1. The number of furan rings is 1. The summed E-state index contributed by atoms with van der Waals surface area (Å²) in [6.07, 6.45) is 0. The van der Waals surface area contributed by atoms with E-state index in [0.717, 1.165) is 11.1 Å². The van der Waals surface area contributed by atoms with Crippen LogP contribution in [0.25, 0.3) is 11.0 Å². The largest absolute Gasteiger partial charge is 0.495 e. The standard InChI is InChI=1S/C26H22ClNO5/c1-15-10-16(2)12-18(11-15)32-14-23(29)28-24-19-6-4-5-7-21(19)33-26(24)25(30)17-8-9-22(31-3)20(27)13-17/h4-13H,14H2,1-3H3,(H,28,29). The lowest BCUT2D eigenvalue weighted by molar-refractivity contribution is -0.118. The van der Waals surface area contributed by atoms with E-state index in [1.165, 1.54) is 13.2 Å². The van der Waals surface area contributed by atoms with E-state index in [1.807, 2.05) is 32.0 Å². The molecule has 0 unspecified atom stereocenters. The molecule has 1 heterocycles. The van der Waals surface area contributed by atoms with Crippen molar-refractivity contribution in [2.24, 2.45) is 0 Å². The van der Waals surface area contributed by atoms with E-state index in [-0.39, 0.29) is 18.1 Å². The number of carbonyl (C=O) groups is 2. The molecule has 1 aromatic heterocycles. The van der Waals surface area contributed by atoms with Crippen molar-refractivity contribution >= 4 is 39.9 Å². The molecule has 3 aromatic carbocycles. The van der Waals surface area contributed by atoms with E-state index in [1.54, 1.807) is 36.4 Å². The number of carbonyl (C=O) groups excluding carboxylic acids is 2. The van der Waals surface area contributed by atoms with Crippen molar-refractivity contribution in [2.75, 3.05) is 19.0 Å². The van der Waals surface area contributed by atoms with Crippen LogP contribution in [0, 0.1) is 13.8 Å². The summed E-state index contributed by atoms with van der Waals surface area (Å²) < 4.78 is 16.6. The maximum Gasteiger partial charge on any atom is 0.262 e. The maximum atomic E-state index is 13.2. The van der Waals surface area contributed by atoms with Crippen molar-refractivity contribution in [3.63, 3.8) is 0 Å². The molecule has 33 heavy (non-hydrogen) atoms. The molecule has 1 N–H and O–H groups in total. The summed E-state index contributed by atoms with van der Waals surface area (Å²) in [5.41, 5.74) is 3.15. The zero-order valence-electron chi connectivity index (χ0n) is 18.4. The minimum absolute atomic E-state index is 0.0113. The number of ketones is 1. The van der Waals surface area contributed by atoms with Crippen LogP contribution in [0.4, 0.5) is 5.69 Å². The van der Waals surface area contributed by atoms with E-state index in [0.29, 0.717) is 33.1 Å². The van der Waals surface area contributed by atoms with Crippen molar-refractivity contribution in [3.8, 4) is 11.5 Å². The predicted molar refractivity (Wildman–Crippen MR) is 128 cm³/mol. The normalized spacial score (nSPS) is 10.8. The Labute approximate surface area is 196 Å². The number of benzene rings is 3. The van der Waals surface area contributed by atoms with Crippen molar-refractivity contribution in [3.05, 3.63) is 88.1 Å². The molecule has 6 nitrogen and oxygen atoms in total. The summed E-state index contributed by atoms with van der Waals surface area (Å²) in [5, 5.41) is 3.69. The molecule has 4 aromatic rings. The van der Waals surface area contributed by atoms with E-state index in [4.69, 9.17) is 25.5 Å². The number of para-hydroxylation sites is 1. The van der Waals surface area contributed by atoms with Crippen LogP contribution in [0.5, 0.6) is 11.5 Å². The summed E-state index contributed by atoms with van der Waals surface area (Å²) >= 11 is 6.19. The molecule has 0 aliphatic heterocycles. The summed E-state index contributed by atoms with van der Waals surface area (Å²) in [6, 6.07) is 17.5. The van der Waals surface area contributed by atoms with Crippen LogP contribution in [0.2, 0.25) is 5.02 Å². The summed E-state index contributed by atoms with van der Waals surface area (Å²) in [6.45, 7) is 3.70. The molecule has 0 fully saturated rings. The second-order valence-corrected chi connectivity index (χ2v) is 8.05. The second-order valence-electron chi connectivity index (χ2n) is 7.64. The number of aryl methyl sites for hydroxylation is 2. The molecular formula is C26H22ClNO5. The summed E-state index contributed by atoms with van der Waals surface area (Å²) in [4.78, 5) is 26.0. The Balaban J connectivity index is 1.61. The second kappa shape index (κ2) is 9.38. The Hall–Kier alpha value is -3.77. The van der Waals surface area contributed by atoms with Gasteiger partial charge in [0.05, 0.1) is 17.8 Å². The fourth-order valence-electron chi connectivity index (χ4n) is 3.61. The first-order valence-corrected chi connectivity index (χ1v) is 10.6. The van der Waals surface area contributed by atoms with Gasteiger partial charge in [-0.15, -0.1) is 0 Å². The Morgan fingerprint density at radius 3 is 2.42 bits per heavy atom. The van der Waals surface area contributed by atoms with Crippen LogP contribution in [0.3, 0.4) is 0 Å². The molecular weight excluding hydrogens is 442 g/mol. The van der Waals surface area contributed by atoms with Gasteiger partial charge < -0.3 is 19.2 Å². The summed E-state index contributed by atoms with van der Waals surface area (Å²) in [7, 11) is 1.50. The number of fused-ring (bicyclic) bond motifs is 1. The Morgan fingerprint density at radius 2 is 1.73 bits per heavy atom. The highest BCUT2D eigenvalue weighted by Crippen LogP contribution is 2.34. The van der Waals surface area contributed by atoms with Gasteiger partial charge >= 0.3 is 0 Å². The first-order valence-electron chi connectivity index (χ1n) is 10.3. The third kappa shape index (κ3) is 4.86. The van der Waals surface area contributed by atoms with Gasteiger partial charge in [0, 0.05) is 10.9 Å². The van der Waals surface area contributed by atoms with Crippen molar-refractivity contribution in [1.29, 1.82) is 0 Å². The fraction of sp³-hybridized carbons (Fsp3) is 0.154. The van der Waals surface area contributed by atoms with Crippen LogP contribution in [0.1, 0.15) is 27.2 Å². The Kier molecular flexibility index (Phi) is 6.38. The van der Waals surface area contributed by atoms with Gasteiger partial charge in [0.25, 0.3) is 5.91 Å². The molecule has 1 amide bonds. The van der Waals surface area contributed by atoms with E-state index in [2.05, 4.69) is 5.32 Å². The first-order chi connectivity index (χ1) is 15.9. The van der Waals surface area contributed by atoms with Gasteiger partial charge in [-0.05, 0) is 67.4 Å². The maximum absolute atomic E-state index is 13.2.